The fraction of sp³-hybridized carbons (Fsp3) is 0. The van der Waals surface area contributed by atoms with Crippen LogP contribution in [0.4, 0.5) is 5.69 Å². The van der Waals surface area contributed by atoms with Gasteiger partial charge < -0.3 is 10.8 Å². The average Bonchev–Trinajstić information content (AvgIpc) is 2.94. The zero-order valence-electron chi connectivity index (χ0n) is 13.8. The lowest BCUT2D eigenvalue weighted by molar-refractivity contribution is 0.0875. The van der Waals surface area contributed by atoms with Crippen LogP contribution >= 0.6 is 0 Å². The van der Waals surface area contributed by atoms with Crippen molar-refractivity contribution in [3.05, 3.63) is 70.3 Å². The first-order valence-corrected chi connectivity index (χ1v) is 7.96. The Morgan fingerprint density at radius 1 is 1.07 bits per heavy atom. The second-order valence-corrected chi connectivity index (χ2v) is 6.09. The summed E-state index contributed by atoms with van der Waals surface area (Å²) >= 11 is 0. The van der Waals surface area contributed by atoms with E-state index in [1.54, 1.807) is 24.3 Å². The normalized spacial score (nSPS) is 12.7. The van der Waals surface area contributed by atoms with E-state index in [1.165, 1.54) is 18.2 Å². The number of anilines is 1. The van der Waals surface area contributed by atoms with E-state index in [-0.39, 0.29) is 33.5 Å². The van der Waals surface area contributed by atoms with E-state index < -0.39 is 23.3 Å². The van der Waals surface area contributed by atoms with Crippen LogP contribution in [0, 0.1) is 0 Å². The smallest absolute Gasteiger partial charge is 0.259 e. The topological polar surface area (TPSA) is 127 Å². The van der Waals surface area contributed by atoms with E-state index in [4.69, 9.17) is 5.73 Å². The Morgan fingerprint density at radius 3 is 2.56 bits per heavy atom. The molecule has 0 atom stereocenters. The van der Waals surface area contributed by atoms with E-state index in [2.05, 4.69) is 5.32 Å². The van der Waals surface area contributed by atoms with Gasteiger partial charge in [0, 0.05) is 5.69 Å². The van der Waals surface area contributed by atoms with E-state index in [0.717, 1.165) is 0 Å². The van der Waals surface area contributed by atoms with Gasteiger partial charge in [0.15, 0.2) is 12.1 Å². The standard InChI is InChI=1S/C20H12N2O5/c21-14-6-5-11-15(20(27)22-19(11)26)16(14)18(25)12-7-9-3-1-2-4-10(9)13(8-23)17(12)24/h1-8,24H,21H2,(H,22,26,27). The van der Waals surface area contributed by atoms with Gasteiger partial charge in [-0.1, -0.05) is 24.3 Å². The highest BCUT2D eigenvalue weighted by molar-refractivity contribution is 6.29. The molecule has 3 aromatic rings. The predicted octanol–water partition coefficient (Wildman–Crippen LogP) is 2.05. The number of rotatable bonds is 3. The van der Waals surface area contributed by atoms with Gasteiger partial charge in [-0.15, -0.1) is 0 Å². The number of fused-ring (bicyclic) bond motifs is 2. The molecular weight excluding hydrogens is 348 g/mol. The van der Waals surface area contributed by atoms with Crippen molar-refractivity contribution in [2.45, 2.75) is 0 Å². The molecule has 0 aliphatic carbocycles. The van der Waals surface area contributed by atoms with Crippen molar-refractivity contribution in [3.8, 4) is 5.75 Å². The fourth-order valence-corrected chi connectivity index (χ4v) is 3.31. The van der Waals surface area contributed by atoms with E-state index in [0.29, 0.717) is 17.1 Å². The molecule has 0 saturated heterocycles. The van der Waals surface area contributed by atoms with Gasteiger partial charge in [0.2, 0.25) is 0 Å². The number of nitrogens with two attached hydrogens (primary N) is 1. The summed E-state index contributed by atoms with van der Waals surface area (Å²) in [4.78, 5) is 48.7. The summed E-state index contributed by atoms with van der Waals surface area (Å²) in [7, 11) is 0. The highest BCUT2D eigenvalue weighted by Gasteiger charge is 2.34. The number of phenolic OH excluding ortho intramolecular Hbond substituents is 1. The van der Waals surface area contributed by atoms with Crippen molar-refractivity contribution in [3.63, 3.8) is 0 Å². The number of phenols is 1. The number of ketones is 1. The highest BCUT2D eigenvalue weighted by atomic mass is 16.3. The van der Waals surface area contributed by atoms with Gasteiger partial charge in [0.1, 0.15) is 5.75 Å². The molecule has 0 fully saturated rings. The zero-order chi connectivity index (χ0) is 19.3. The zero-order valence-corrected chi connectivity index (χ0v) is 13.8. The van der Waals surface area contributed by atoms with Gasteiger partial charge in [-0.25, -0.2) is 0 Å². The first-order valence-electron chi connectivity index (χ1n) is 7.96. The Balaban J connectivity index is 2.01. The molecule has 132 valence electrons. The Kier molecular flexibility index (Phi) is 3.52. The molecule has 0 saturated carbocycles. The fourth-order valence-electron chi connectivity index (χ4n) is 3.31. The maximum Gasteiger partial charge on any atom is 0.259 e. The van der Waals surface area contributed by atoms with Crippen LogP contribution in [0.1, 0.15) is 47.0 Å². The molecule has 7 heteroatoms. The molecule has 1 aliphatic heterocycles. The number of hydrogen-bond acceptors (Lipinski definition) is 6. The number of nitrogens with one attached hydrogen (secondary N) is 1. The molecule has 27 heavy (non-hydrogen) atoms. The van der Waals surface area contributed by atoms with Crippen molar-refractivity contribution in [2.24, 2.45) is 0 Å². The van der Waals surface area contributed by atoms with Crippen molar-refractivity contribution in [1.29, 1.82) is 0 Å². The Bertz CT molecular complexity index is 1200. The summed E-state index contributed by atoms with van der Waals surface area (Å²) in [6.45, 7) is 0. The van der Waals surface area contributed by atoms with Crippen molar-refractivity contribution < 1.29 is 24.3 Å². The molecule has 4 N–H and O–H groups in total. The summed E-state index contributed by atoms with van der Waals surface area (Å²) in [6, 6.07) is 10.9. The molecule has 0 aromatic heterocycles. The lowest BCUT2D eigenvalue weighted by atomic mass is 9.91. The van der Waals surface area contributed by atoms with Gasteiger partial charge in [-0.05, 0) is 29.0 Å². The van der Waals surface area contributed by atoms with Crippen LogP contribution in [0.2, 0.25) is 0 Å². The minimum Gasteiger partial charge on any atom is -0.506 e. The van der Waals surface area contributed by atoms with E-state index >= 15 is 0 Å². The molecule has 3 aromatic carbocycles. The largest absolute Gasteiger partial charge is 0.506 e. The number of imide groups is 1. The number of benzene rings is 3. The maximum absolute atomic E-state index is 13.2. The van der Waals surface area contributed by atoms with Gasteiger partial charge in [0.25, 0.3) is 11.8 Å². The van der Waals surface area contributed by atoms with Crippen LogP contribution in [-0.2, 0) is 0 Å². The number of carbonyl (C=O) groups excluding carboxylic acids is 4. The number of hydrogen-bond donors (Lipinski definition) is 3. The maximum atomic E-state index is 13.2. The Labute approximate surface area is 152 Å². The van der Waals surface area contributed by atoms with Crippen LogP contribution in [-0.4, -0.2) is 29.0 Å². The van der Waals surface area contributed by atoms with Gasteiger partial charge in [-0.3, -0.25) is 24.5 Å². The quantitative estimate of drug-likeness (QED) is 0.284. The number of aromatic hydroxyl groups is 1. The third-order valence-corrected chi connectivity index (χ3v) is 4.59. The molecule has 0 unspecified atom stereocenters. The minimum atomic E-state index is -0.749. The van der Waals surface area contributed by atoms with Crippen LogP contribution in [0.15, 0.2) is 42.5 Å². The lowest BCUT2D eigenvalue weighted by Gasteiger charge is -2.12. The molecule has 4 rings (SSSR count). The summed E-state index contributed by atoms with van der Waals surface area (Å²) in [5.74, 6) is -2.61. The van der Waals surface area contributed by atoms with Crippen molar-refractivity contribution >= 4 is 40.3 Å². The molecule has 7 nitrogen and oxygen atoms in total. The van der Waals surface area contributed by atoms with Crippen molar-refractivity contribution in [1.82, 2.24) is 5.32 Å². The molecule has 1 aliphatic rings. The van der Waals surface area contributed by atoms with Gasteiger partial charge in [0.05, 0.1) is 27.8 Å². The molecule has 1 heterocycles. The third-order valence-electron chi connectivity index (χ3n) is 4.59. The van der Waals surface area contributed by atoms with E-state index in [1.807, 2.05) is 0 Å². The number of nitrogen functional groups attached to an aromatic ring is 1. The van der Waals surface area contributed by atoms with Gasteiger partial charge >= 0.3 is 0 Å². The third kappa shape index (κ3) is 2.29. The SMILES string of the molecule is Nc1ccc2c(c1C(=O)c1cc3ccccc3c(C=O)c1O)C(=O)NC2=O. The molecular formula is C20H12N2O5. The molecule has 0 bridgehead atoms. The lowest BCUT2D eigenvalue weighted by Crippen LogP contribution is -2.21. The molecule has 2 amide bonds. The number of carbonyl (C=O) groups is 4. The Morgan fingerprint density at radius 2 is 1.81 bits per heavy atom. The summed E-state index contributed by atoms with van der Waals surface area (Å²) in [5.41, 5.74) is 5.40. The Hall–Kier alpha value is -4.00. The second kappa shape index (κ2) is 5.77. The number of amides is 2. The van der Waals surface area contributed by atoms with Crippen molar-refractivity contribution in [2.75, 3.05) is 5.73 Å². The van der Waals surface area contributed by atoms with Gasteiger partial charge in [-0.2, -0.15) is 0 Å². The number of aldehydes is 1. The molecule has 0 spiro atoms. The summed E-state index contributed by atoms with van der Waals surface area (Å²) < 4.78 is 0. The minimum absolute atomic E-state index is 0.0104. The van der Waals surface area contributed by atoms with Crippen LogP contribution in [0.3, 0.4) is 0 Å². The van der Waals surface area contributed by atoms with Crippen LogP contribution in [0.25, 0.3) is 10.8 Å². The first kappa shape index (κ1) is 16.5. The summed E-state index contributed by atoms with van der Waals surface area (Å²) in [6.07, 6.45) is 0.462. The highest BCUT2D eigenvalue weighted by Crippen LogP contribution is 2.34. The average molecular weight is 360 g/mol. The monoisotopic (exact) mass is 360 g/mol. The first-order chi connectivity index (χ1) is 12.9. The second-order valence-electron chi connectivity index (χ2n) is 6.09. The van der Waals surface area contributed by atoms with Crippen LogP contribution < -0.4 is 11.1 Å². The predicted molar refractivity (Wildman–Crippen MR) is 97.1 cm³/mol. The van der Waals surface area contributed by atoms with Crippen LogP contribution in [0.5, 0.6) is 5.75 Å². The summed E-state index contributed by atoms with van der Waals surface area (Å²) in [5, 5.41) is 13.7. The molecule has 0 radical (unpaired) electrons. The van der Waals surface area contributed by atoms with E-state index in [9.17, 15) is 24.3 Å².